The van der Waals surface area contributed by atoms with Crippen molar-refractivity contribution in [2.45, 2.75) is 19.4 Å². The molecule has 1 aliphatic heterocycles. The number of ether oxygens (including phenoxy) is 1. The molecule has 0 aliphatic carbocycles. The Hall–Kier alpha value is -0.570. The summed E-state index contributed by atoms with van der Waals surface area (Å²) in [5.41, 5.74) is 0. The molecule has 1 saturated heterocycles. The lowest BCUT2D eigenvalue weighted by Gasteiger charge is -2.15. The van der Waals surface area contributed by atoms with Crippen molar-refractivity contribution >= 4 is 5.97 Å². The van der Waals surface area contributed by atoms with Gasteiger partial charge in [0.15, 0.2) is 0 Å². The number of carbonyl (C=O) groups is 1. The highest BCUT2D eigenvalue weighted by Crippen LogP contribution is 2.21. The van der Waals surface area contributed by atoms with Crippen LogP contribution in [-0.4, -0.2) is 37.6 Å². The Kier molecular flexibility index (Phi) is 2.49. The zero-order valence-corrected chi connectivity index (χ0v) is 7.33. The van der Waals surface area contributed by atoms with Crippen LogP contribution in [0, 0.1) is 5.92 Å². The van der Waals surface area contributed by atoms with Gasteiger partial charge in [-0.1, -0.05) is 6.92 Å². The molecule has 1 heterocycles. The molecular formula is C8H15NO2. The van der Waals surface area contributed by atoms with E-state index in [0.717, 1.165) is 13.0 Å². The van der Waals surface area contributed by atoms with Crippen LogP contribution in [-0.2, 0) is 9.53 Å². The van der Waals surface area contributed by atoms with E-state index in [1.165, 1.54) is 7.11 Å². The summed E-state index contributed by atoms with van der Waals surface area (Å²) in [5.74, 6) is 0.515. The van der Waals surface area contributed by atoms with Crippen molar-refractivity contribution in [2.24, 2.45) is 5.92 Å². The van der Waals surface area contributed by atoms with Crippen LogP contribution in [0.25, 0.3) is 0 Å². The number of methoxy groups -OCH3 is 1. The first-order valence-electron chi connectivity index (χ1n) is 3.93. The molecule has 0 radical (unpaired) electrons. The maximum Gasteiger partial charge on any atom is 0.323 e. The van der Waals surface area contributed by atoms with Gasteiger partial charge in [0.05, 0.1) is 7.11 Å². The van der Waals surface area contributed by atoms with Crippen LogP contribution in [0.1, 0.15) is 13.3 Å². The van der Waals surface area contributed by atoms with Crippen molar-refractivity contribution in [3.05, 3.63) is 0 Å². The van der Waals surface area contributed by atoms with Crippen molar-refractivity contribution in [2.75, 3.05) is 20.7 Å². The fourth-order valence-corrected chi connectivity index (χ4v) is 1.67. The van der Waals surface area contributed by atoms with E-state index < -0.39 is 0 Å². The summed E-state index contributed by atoms with van der Waals surface area (Å²) < 4.78 is 4.67. The maximum absolute atomic E-state index is 11.1. The van der Waals surface area contributed by atoms with Gasteiger partial charge in [-0.15, -0.1) is 0 Å². The number of carbonyl (C=O) groups excluding carboxylic acids is 1. The minimum Gasteiger partial charge on any atom is -0.468 e. The molecule has 1 fully saturated rings. The Morgan fingerprint density at radius 1 is 1.64 bits per heavy atom. The Bertz CT molecular complexity index is 158. The Morgan fingerprint density at radius 3 is 2.64 bits per heavy atom. The maximum atomic E-state index is 11.1. The van der Waals surface area contributed by atoms with Crippen LogP contribution in [0.2, 0.25) is 0 Å². The minimum atomic E-state index is -0.100. The van der Waals surface area contributed by atoms with Gasteiger partial charge in [-0.05, 0) is 19.4 Å². The SMILES string of the molecule is COC(=O)[C@@H]1CC(C)CN1C. The van der Waals surface area contributed by atoms with Crippen molar-refractivity contribution in [1.29, 1.82) is 0 Å². The third kappa shape index (κ3) is 1.71. The van der Waals surface area contributed by atoms with Crippen molar-refractivity contribution in [3.8, 4) is 0 Å². The Morgan fingerprint density at radius 2 is 2.27 bits per heavy atom. The van der Waals surface area contributed by atoms with E-state index in [1.807, 2.05) is 7.05 Å². The Balaban J connectivity index is 2.52. The highest BCUT2D eigenvalue weighted by atomic mass is 16.5. The zero-order valence-electron chi connectivity index (χ0n) is 7.33. The molecule has 1 aliphatic rings. The molecule has 3 heteroatoms. The largest absolute Gasteiger partial charge is 0.468 e. The third-order valence-electron chi connectivity index (χ3n) is 2.23. The number of hydrogen-bond donors (Lipinski definition) is 0. The lowest BCUT2D eigenvalue weighted by Crippen LogP contribution is -2.33. The first-order valence-corrected chi connectivity index (χ1v) is 3.93. The molecule has 0 amide bonds. The molecule has 2 atom stereocenters. The third-order valence-corrected chi connectivity index (χ3v) is 2.23. The van der Waals surface area contributed by atoms with E-state index in [2.05, 4.69) is 16.6 Å². The lowest BCUT2D eigenvalue weighted by atomic mass is 10.1. The van der Waals surface area contributed by atoms with Crippen molar-refractivity contribution in [1.82, 2.24) is 4.90 Å². The second kappa shape index (κ2) is 3.22. The van der Waals surface area contributed by atoms with Gasteiger partial charge in [0, 0.05) is 6.54 Å². The summed E-state index contributed by atoms with van der Waals surface area (Å²) in [6, 6.07) is -0.00463. The van der Waals surface area contributed by atoms with E-state index in [4.69, 9.17) is 0 Å². The molecule has 11 heavy (non-hydrogen) atoms. The van der Waals surface area contributed by atoms with E-state index in [-0.39, 0.29) is 12.0 Å². The molecule has 3 nitrogen and oxygen atoms in total. The van der Waals surface area contributed by atoms with Gasteiger partial charge in [-0.2, -0.15) is 0 Å². The fourth-order valence-electron chi connectivity index (χ4n) is 1.67. The summed E-state index contributed by atoms with van der Waals surface area (Å²) in [6.45, 7) is 3.15. The second-order valence-corrected chi connectivity index (χ2v) is 3.32. The summed E-state index contributed by atoms with van der Waals surface area (Å²) in [6.07, 6.45) is 0.934. The van der Waals surface area contributed by atoms with Gasteiger partial charge in [0.1, 0.15) is 6.04 Å². The molecule has 0 aromatic rings. The molecule has 0 aromatic carbocycles. The molecule has 0 spiro atoms. The second-order valence-electron chi connectivity index (χ2n) is 3.32. The molecule has 0 N–H and O–H groups in total. The first-order chi connectivity index (χ1) is 5.15. The van der Waals surface area contributed by atoms with Crippen LogP contribution >= 0.6 is 0 Å². The van der Waals surface area contributed by atoms with E-state index in [0.29, 0.717) is 5.92 Å². The number of nitrogens with zero attached hydrogens (tertiary/aromatic N) is 1. The average molecular weight is 157 g/mol. The predicted octanol–water partition coefficient (Wildman–Crippen LogP) is 0.500. The zero-order chi connectivity index (χ0) is 8.43. The van der Waals surface area contributed by atoms with E-state index in [9.17, 15) is 4.79 Å². The summed E-state index contributed by atoms with van der Waals surface area (Å²) >= 11 is 0. The van der Waals surface area contributed by atoms with Gasteiger partial charge in [-0.25, -0.2) is 0 Å². The molecule has 64 valence electrons. The lowest BCUT2D eigenvalue weighted by molar-refractivity contribution is -0.145. The van der Waals surface area contributed by atoms with Crippen LogP contribution in [0.3, 0.4) is 0 Å². The standard InChI is InChI=1S/C8H15NO2/c1-6-4-7(8(10)11-3)9(2)5-6/h6-7H,4-5H2,1-3H3/t6?,7-/m0/s1. The van der Waals surface area contributed by atoms with Crippen molar-refractivity contribution in [3.63, 3.8) is 0 Å². The molecule has 0 aromatic heterocycles. The van der Waals surface area contributed by atoms with Crippen LogP contribution in [0.15, 0.2) is 0 Å². The van der Waals surface area contributed by atoms with Crippen LogP contribution < -0.4 is 0 Å². The van der Waals surface area contributed by atoms with Gasteiger partial charge < -0.3 is 4.74 Å². The minimum absolute atomic E-state index is 0.00463. The summed E-state index contributed by atoms with van der Waals surface area (Å²) in [4.78, 5) is 13.2. The highest BCUT2D eigenvalue weighted by molar-refractivity contribution is 5.75. The van der Waals surface area contributed by atoms with E-state index >= 15 is 0 Å². The topological polar surface area (TPSA) is 29.5 Å². The fraction of sp³-hybridized carbons (Fsp3) is 0.875. The molecule has 1 unspecified atom stereocenters. The Labute approximate surface area is 67.3 Å². The predicted molar refractivity (Wildman–Crippen MR) is 42.2 cm³/mol. The number of rotatable bonds is 1. The van der Waals surface area contributed by atoms with E-state index in [1.54, 1.807) is 0 Å². The molecule has 1 rings (SSSR count). The highest BCUT2D eigenvalue weighted by Gasteiger charge is 2.32. The van der Waals surface area contributed by atoms with Gasteiger partial charge in [-0.3, -0.25) is 9.69 Å². The monoisotopic (exact) mass is 157 g/mol. The number of likely N-dealkylation sites (tertiary alicyclic amines) is 1. The van der Waals surface area contributed by atoms with Crippen LogP contribution in [0.5, 0.6) is 0 Å². The average Bonchev–Trinajstić information content (AvgIpc) is 2.28. The molecular weight excluding hydrogens is 142 g/mol. The van der Waals surface area contributed by atoms with Gasteiger partial charge in [0.2, 0.25) is 0 Å². The van der Waals surface area contributed by atoms with Crippen molar-refractivity contribution < 1.29 is 9.53 Å². The first kappa shape index (κ1) is 8.53. The van der Waals surface area contributed by atoms with Crippen LogP contribution in [0.4, 0.5) is 0 Å². The quantitative estimate of drug-likeness (QED) is 0.519. The van der Waals surface area contributed by atoms with Gasteiger partial charge in [0.25, 0.3) is 0 Å². The van der Waals surface area contributed by atoms with Gasteiger partial charge >= 0.3 is 5.97 Å². The summed E-state index contributed by atoms with van der Waals surface area (Å²) in [5, 5.41) is 0. The summed E-state index contributed by atoms with van der Waals surface area (Å²) in [7, 11) is 3.41. The smallest absolute Gasteiger partial charge is 0.323 e. The molecule has 0 bridgehead atoms. The molecule has 0 saturated carbocycles. The number of hydrogen-bond acceptors (Lipinski definition) is 3. The number of likely N-dealkylation sites (N-methyl/N-ethyl adjacent to an activating group) is 1. The number of esters is 1. The normalized spacial score (nSPS) is 32.3.